The van der Waals surface area contributed by atoms with Gasteiger partial charge in [0.15, 0.2) is 0 Å². The van der Waals surface area contributed by atoms with Crippen LogP contribution in [0, 0.1) is 0 Å². The molecule has 3 rings (SSSR count). The number of rotatable bonds is 5. The van der Waals surface area contributed by atoms with Gasteiger partial charge in [0.25, 0.3) is 0 Å². The Hall–Kier alpha value is -2.82. The van der Waals surface area contributed by atoms with Gasteiger partial charge in [-0.2, -0.15) is 0 Å². The van der Waals surface area contributed by atoms with E-state index in [9.17, 15) is 9.59 Å². The molecule has 0 spiro atoms. The summed E-state index contributed by atoms with van der Waals surface area (Å²) in [5.74, 6) is 0.650. The van der Waals surface area contributed by atoms with Gasteiger partial charge in [0, 0.05) is 33.1 Å². The molecular formula is C22H26N2O3. The van der Waals surface area contributed by atoms with Crippen LogP contribution < -0.4 is 4.74 Å². The fourth-order valence-electron chi connectivity index (χ4n) is 3.52. The van der Waals surface area contributed by atoms with E-state index in [1.54, 1.807) is 18.9 Å². The summed E-state index contributed by atoms with van der Waals surface area (Å²) < 4.78 is 5.35. The summed E-state index contributed by atoms with van der Waals surface area (Å²) >= 11 is 0. The lowest BCUT2D eigenvalue weighted by molar-refractivity contribution is -0.139. The molecule has 1 heterocycles. The minimum atomic E-state index is -0.272. The standard InChI is InChI=1S/C22H26N2O3/c1-17(25)23-11-13-24(14-12-23)22(26)21(15-18-7-4-3-5-8-18)19-9-6-10-20(16-19)27-2/h3-10,16,21H,11-15H2,1-2H3. The maximum absolute atomic E-state index is 13.4. The van der Waals surface area contributed by atoms with Gasteiger partial charge in [-0.15, -0.1) is 0 Å². The van der Waals surface area contributed by atoms with Crippen LogP contribution in [-0.2, 0) is 16.0 Å². The molecule has 1 unspecified atom stereocenters. The maximum atomic E-state index is 13.4. The molecule has 0 saturated carbocycles. The van der Waals surface area contributed by atoms with E-state index in [1.165, 1.54) is 0 Å². The Morgan fingerprint density at radius 1 is 0.963 bits per heavy atom. The van der Waals surface area contributed by atoms with E-state index >= 15 is 0 Å². The second-order valence-corrected chi connectivity index (χ2v) is 6.85. The Morgan fingerprint density at radius 2 is 1.63 bits per heavy atom. The number of carbonyl (C=O) groups excluding carboxylic acids is 2. The highest BCUT2D eigenvalue weighted by Crippen LogP contribution is 2.27. The molecular weight excluding hydrogens is 340 g/mol. The van der Waals surface area contributed by atoms with Crippen molar-refractivity contribution < 1.29 is 14.3 Å². The third-order valence-corrected chi connectivity index (χ3v) is 5.11. The van der Waals surface area contributed by atoms with E-state index in [2.05, 4.69) is 0 Å². The molecule has 0 N–H and O–H groups in total. The summed E-state index contributed by atoms with van der Waals surface area (Å²) in [7, 11) is 1.63. The molecule has 2 amide bonds. The average molecular weight is 366 g/mol. The van der Waals surface area contributed by atoms with Gasteiger partial charge in [0.05, 0.1) is 13.0 Å². The average Bonchev–Trinajstić information content (AvgIpc) is 2.72. The molecule has 27 heavy (non-hydrogen) atoms. The van der Waals surface area contributed by atoms with Crippen LogP contribution >= 0.6 is 0 Å². The number of nitrogens with zero attached hydrogens (tertiary/aromatic N) is 2. The van der Waals surface area contributed by atoms with E-state index in [1.807, 2.05) is 59.5 Å². The Labute approximate surface area is 160 Å². The van der Waals surface area contributed by atoms with Gasteiger partial charge >= 0.3 is 0 Å². The molecule has 0 bridgehead atoms. The highest BCUT2D eigenvalue weighted by Gasteiger charge is 2.29. The molecule has 1 saturated heterocycles. The smallest absolute Gasteiger partial charge is 0.230 e. The highest BCUT2D eigenvalue weighted by atomic mass is 16.5. The number of hydrogen-bond acceptors (Lipinski definition) is 3. The number of methoxy groups -OCH3 is 1. The zero-order valence-electron chi connectivity index (χ0n) is 15.9. The van der Waals surface area contributed by atoms with Crippen molar-refractivity contribution in [3.8, 4) is 5.75 Å². The van der Waals surface area contributed by atoms with Gasteiger partial charge in [-0.3, -0.25) is 9.59 Å². The van der Waals surface area contributed by atoms with Gasteiger partial charge in [0.1, 0.15) is 5.75 Å². The second-order valence-electron chi connectivity index (χ2n) is 6.85. The Morgan fingerprint density at radius 3 is 2.26 bits per heavy atom. The van der Waals surface area contributed by atoms with Crippen molar-refractivity contribution in [1.29, 1.82) is 0 Å². The summed E-state index contributed by atoms with van der Waals surface area (Å²) in [6.45, 7) is 3.92. The Balaban J connectivity index is 1.82. The summed E-state index contributed by atoms with van der Waals surface area (Å²) in [4.78, 5) is 28.6. The Bertz CT molecular complexity index is 783. The van der Waals surface area contributed by atoms with Gasteiger partial charge in [0.2, 0.25) is 11.8 Å². The van der Waals surface area contributed by atoms with E-state index in [-0.39, 0.29) is 17.7 Å². The molecule has 2 aromatic rings. The van der Waals surface area contributed by atoms with Crippen molar-refractivity contribution in [2.75, 3.05) is 33.3 Å². The zero-order chi connectivity index (χ0) is 19.2. The van der Waals surface area contributed by atoms with Crippen LogP contribution in [0.2, 0.25) is 0 Å². The molecule has 1 atom stereocenters. The minimum absolute atomic E-state index is 0.0655. The second kappa shape index (κ2) is 8.71. The number of carbonyl (C=O) groups is 2. The summed E-state index contributed by atoms with van der Waals surface area (Å²) in [6.07, 6.45) is 0.639. The molecule has 0 radical (unpaired) electrons. The number of piperazine rings is 1. The SMILES string of the molecule is COc1cccc(C(Cc2ccccc2)C(=O)N2CCN(C(C)=O)CC2)c1. The fourth-order valence-corrected chi connectivity index (χ4v) is 3.52. The predicted octanol–water partition coefficient (Wildman–Crippen LogP) is 2.71. The van der Waals surface area contributed by atoms with E-state index in [4.69, 9.17) is 4.74 Å². The topological polar surface area (TPSA) is 49.9 Å². The van der Waals surface area contributed by atoms with E-state index in [0.717, 1.165) is 16.9 Å². The van der Waals surface area contributed by atoms with Crippen LogP contribution in [0.1, 0.15) is 24.0 Å². The lowest BCUT2D eigenvalue weighted by Crippen LogP contribution is -2.51. The summed E-state index contributed by atoms with van der Waals surface area (Å²) in [5.41, 5.74) is 2.08. The van der Waals surface area contributed by atoms with Gasteiger partial charge in [-0.25, -0.2) is 0 Å². The number of benzene rings is 2. The molecule has 2 aromatic carbocycles. The zero-order valence-corrected chi connectivity index (χ0v) is 15.9. The van der Waals surface area contributed by atoms with Crippen LogP contribution in [0.15, 0.2) is 54.6 Å². The molecule has 1 fully saturated rings. The van der Waals surface area contributed by atoms with Gasteiger partial charge in [-0.1, -0.05) is 42.5 Å². The number of hydrogen-bond donors (Lipinski definition) is 0. The van der Waals surface area contributed by atoms with E-state index < -0.39 is 0 Å². The molecule has 1 aliphatic heterocycles. The quantitative estimate of drug-likeness (QED) is 0.818. The predicted molar refractivity (Wildman–Crippen MR) is 105 cm³/mol. The van der Waals surface area contributed by atoms with Crippen LogP contribution in [0.3, 0.4) is 0 Å². The Kier molecular flexibility index (Phi) is 6.12. The van der Waals surface area contributed by atoms with E-state index in [0.29, 0.717) is 32.6 Å². The van der Waals surface area contributed by atoms with Crippen molar-refractivity contribution in [3.63, 3.8) is 0 Å². The fraction of sp³-hybridized carbons (Fsp3) is 0.364. The maximum Gasteiger partial charge on any atom is 0.230 e. The molecule has 5 nitrogen and oxygen atoms in total. The molecule has 0 aromatic heterocycles. The van der Waals surface area contributed by atoms with Crippen molar-refractivity contribution >= 4 is 11.8 Å². The normalized spacial score (nSPS) is 15.3. The van der Waals surface area contributed by atoms with Gasteiger partial charge in [-0.05, 0) is 29.7 Å². The summed E-state index contributed by atoms with van der Waals surface area (Å²) in [6, 6.07) is 17.8. The first-order chi connectivity index (χ1) is 13.1. The van der Waals surface area contributed by atoms with Crippen LogP contribution in [0.4, 0.5) is 0 Å². The first-order valence-electron chi connectivity index (χ1n) is 9.30. The van der Waals surface area contributed by atoms with Gasteiger partial charge < -0.3 is 14.5 Å². The van der Waals surface area contributed by atoms with Crippen molar-refractivity contribution in [3.05, 3.63) is 65.7 Å². The van der Waals surface area contributed by atoms with Crippen LogP contribution in [0.25, 0.3) is 0 Å². The molecule has 0 aliphatic carbocycles. The van der Waals surface area contributed by atoms with Crippen LogP contribution in [-0.4, -0.2) is 54.9 Å². The largest absolute Gasteiger partial charge is 0.497 e. The monoisotopic (exact) mass is 366 g/mol. The number of amides is 2. The molecule has 1 aliphatic rings. The van der Waals surface area contributed by atoms with Crippen molar-refractivity contribution in [2.24, 2.45) is 0 Å². The summed E-state index contributed by atoms with van der Waals surface area (Å²) in [5, 5.41) is 0. The first-order valence-corrected chi connectivity index (χ1v) is 9.30. The number of ether oxygens (including phenoxy) is 1. The third kappa shape index (κ3) is 4.67. The first kappa shape index (κ1) is 19.0. The molecule has 142 valence electrons. The highest BCUT2D eigenvalue weighted by molar-refractivity contribution is 5.84. The van der Waals surface area contributed by atoms with Crippen molar-refractivity contribution in [2.45, 2.75) is 19.3 Å². The van der Waals surface area contributed by atoms with Crippen molar-refractivity contribution in [1.82, 2.24) is 9.80 Å². The lowest BCUT2D eigenvalue weighted by Gasteiger charge is -2.36. The molecule has 5 heteroatoms. The lowest BCUT2D eigenvalue weighted by atomic mass is 9.90. The minimum Gasteiger partial charge on any atom is -0.497 e. The third-order valence-electron chi connectivity index (χ3n) is 5.11. The van der Waals surface area contributed by atoms with Crippen LogP contribution in [0.5, 0.6) is 5.75 Å².